The first-order valence-electron chi connectivity index (χ1n) is 20.6. The smallest absolute Gasteiger partial charge is 0.408 e. The van der Waals surface area contributed by atoms with Gasteiger partial charge in [-0.05, 0) is 76.3 Å². The Morgan fingerprint density at radius 3 is 2.34 bits per heavy atom. The van der Waals surface area contributed by atoms with E-state index in [2.05, 4.69) is 16.0 Å². The molecule has 3 heterocycles. The molecule has 5 atom stereocenters. The number of fused-ring (bicyclic) bond motifs is 1. The summed E-state index contributed by atoms with van der Waals surface area (Å²) in [5.74, 6) is -3.67. The fourth-order valence-corrected chi connectivity index (χ4v) is 10.2. The van der Waals surface area contributed by atoms with Crippen LogP contribution in [0.3, 0.4) is 0 Å². The molecule has 61 heavy (non-hydrogen) atoms. The first kappa shape index (κ1) is 44.2. The molecular weight excluding hydrogens is 837 g/mol. The highest BCUT2D eigenvalue weighted by Crippen LogP contribution is 2.48. The zero-order valence-corrected chi connectivity index (χ0v) is 36.6. The van der Waals surface area contributed by atoms with Crippen molar-refractivity contribution in [2.75, 3.05) is 19.0 Å². The van der Waals surface area contributed by atoms with Crippen LogP contribution < -0.4 is 30.1 Å². The Balaban J connectivity index is 1.21. The van der Waals surface area contributed by atoms with Gasteiger partial charge in [-0.1, -0.05) is 20.8 Å². The third kappa shape index (κ3) is 9.79. The van der Waals surface area contributed by atoms with Crippen LogP contribution in [0.5, 0.6) is 11.5 Å². The summed E-state index contributed by atoms with van der Waals surface area (Å²) in [5.41, 5.74) is -1.59. The number of nitrogens with one attached hydrogen (secondary N) is 4. The van der Waals surface area contributed by atoms with Crippen molar-refractivity contribution in [3.05, 3.63) is 29.6 Å². The number of sulfonamides is 1. The van der Waals surface area contributed by atoms with Crippen molar-refractivity contribution in [3.8, 4) is 22.9 Å². The number of amides is 4. The highest BCUT2D eigenvalue weighted by atomic mass is 32.2. The Labute approximate surface area is 357 Å². The number of alkyl carbamates (subject to hydrolysis) is 1. The van der Waals surface area contributed by atoms with Gasteiger partial charge in [0.2, 0.25) is 28.3 Å². The van der Waals surface area contributed by atoms with E-state index in [-0.39, 0.29) is 25.1 Å². The van der Waals surface area contributed by atoms with Crippen molar-refractivity contribution >= 4 is 61.2 Å². The number of halogens is 2. The number of aromatic nitrogens is 2. The lowest BCUT2D eigenvalue weighted by molar-refractivity contribution is -0.143. The molecule has 16 nitrogen and oxygen atoms in total. The number of hydrogen-bond donors (Lipinski definition) is 4. The maximum atomic E-state index is 14.7. The molecule has 4 fully saturated rings. The molecule has 0 bridgehead atoms. The van der Waals surface area contributed by atoms with Crippen LogP contribution in [0.1, 0.15) is 86.0 Å². The Kier molecular flexibility index (Phi) is 12.4. The Morgan fingerprint density at radius 1 is 1.00 bits per heavy atom. The lowest BCUT2D eigenvalue weighted by atomic mass is 9.85. The van der Waals surface area contributed by atoms with Crippen LogP contribution in [0, 0.1) is 11.3 Å². The van der Waals surface area contributed by atoms with E-state index in [1.807, 2.05) is 23.9 Å². The number of hydrogen-bond acceptors (Lipinski definition) is 13. The monoisotopic (exact) mass is 889 g/mol. The summed E-state index contributed by atoms with van der Waals surface area (Å²) in [6.45, 7) is 9.01. The molecule has 1 aromatic carbocycles. The maximum Gasteiger partial charge on any atom is 0.408 e. The second-order valence-electron chi connectivity index (χ2n) is 17.7. The van der Waals surface area contributed by atoms with Gasteiger partial charge in [0.1, 0.15) is 47.0 Å². The molecule has 3 aromatic rings. The minimum Gasteiger partial charge on any atom is -0.497 e. The molecule has 332 valence electrons. The molecule has 3 saturated carbocycles. The molecule has 3 aliphatic carbocycles. The van der Waals surface area contributed by atoms with E-state index in [0.29, 0.717) is 64.6 Å². The van der Waals surface area contributed by atoms with Gasteiger partial charge in [-0.3, -0.25) is 19.1 Å². The van der Waals surface area contributed by atoms with E-state index in [1.165, 1.54) is 23.3 Å². The summed E-state index contributed by atoms with van der Waals surface area (Å²) >= 11 is 1.41. The van der Waals surface area contributed by atoms with Crippen molar-refractivity contribution in [1.29, 1.82) is 0 Å². The molecule has 4 N–H and O–H groups in total. The number of thiazole rings is 1. The van der Waals surface area contributed by atoms with Gasteiger partial charge in [-0.2, -0.15) is 0 Å². The summed E-state index contributed by atoms with van der Waals surface area (Å²) < 4.78 is 73.7. The second kappa shape index (κ2) is 17.1. The van der Waals surface area contributed by atoms with Gasteiger partial charge in [-0.25, -0.2) is 32.0 Å². The average Bonchev–Trinajstić information content (AvgIpc) is 4.00. The predicted molar refractivity (Wildman–Crippen MR) is 223 cm³/mol. The number of likely N-dealkylation sites (tertiary alicyclic amines) is 1. The summed E-state index contributed by atoms with van der Waals surface area (Å²) in [7, 11) is -2.62. The minimum atomic E-state index is -4.15. The highest BCUT2D eigenvalue weighted by Gasteiger charge is 2.67. The molecule has 1 saturated heterocycles. The van der Waals surface area contributed by atoms with Gasteiger partial charge in [0.15, 0.2) is 5.13 Å². The zero-order valence-electron chi connectivity index (χ0n) is 35.0. The first-order chi connectivity index (χ1) is 28.8. The van der Waals surface area contributed by atoms with E-state index in [4.69, 9.17) is 24.2 Å². The number of alkyl halides is 2. The zero-order chi connectivity index (χ0) is 44.0. The second-order valence-corrected chi connectivity index (χ2v) is 20.6. The molecule has 0 spiro atoms. The number of ether oxygens (including phenoxy) is 3. The molecule has 2 aromatic heterocycles. The summed E-state index contributed by atoms with van der Waals surface area (Å²) in [6.07, 6.45) is -1.86. The van der Waals surface area contributed by atoms with E-state index >= 15 is 0 Å². The van der Waals surface area contributed by atoms with Gasteiger partial charge in [0.25, 0.3) is 5.91 Å². The predicted octanol–water partition coefficient (Wildman–Crippen LogP) is 5.37. The van der Waals surface area contributed by atoms with Crippen LogP contribution >= 0.6 is 11.3 Å². The third-order valence-electron chi connectivity index (χ3n) is 11.5. The Morgan fingerprint density at radius 2 is 1.72 bits per heavy atom. The van der Waals surface area contributed by atoms with Crippen molar-refractivity contribution in [2.24, 2.45) is 11.3 Å². The molecule has 1 unspecified atom stereocenters. The van der Waals surface area contributed by atoms with Crippen LogP contribution in [0.15, 0.2) is 29.6 Å². The fourth-order valence-electron chi connectivity index (χ4n) is 7.95. The molecule has 4 amide bonds. The number of methoxy groups -OCH3 is 1. The van der Waals surface area contributed by atoms with Crippen LogP contribution in [0.2, 0.25) is 0 Å². The average molecular weight is 890 g/mol. The number of pyridine rings is 1. The van der Waals surface area contributed by atoms with Gasteiger partial charge in [-0.15, -0.1) is 11.3 Å². The van der Waals surface area contributed by atoms with Crippen LogP contribution in [-0.2, 0) is 29.1 Å². The molecule has 20 heteroatoms. The number of rotatable bonds is 15. The summed E-state index contributed by atoms with van der Waals surface area (Å²) in [6, 6.07) is 4.47. The summed E-state index contributed by atoms with van der Waals surface area (Å²) in [4.78, 5) is 66.7. The SMILES string of the molecule is COc1ccc2c(O[C@@H]3CC(C(=O)N[C@@]4(C(=O)NS(=O)(=O)C5CC5)C[C@H]4C(F)F)N(C(=O)[C@@H](NC(=O)OC4CCCC4)C(C)(C)C)C3)cc(-c3csc(NC(C)C)n3)nc2c1. The number of anilines is 1. The minimum absolute atomic E-state index is 0.136. The topological polar surface area (TPSA) is 207 Å². The van der Waals surface area contributed by atoms with Gasteiger partial charge < -0.3 is 35.1 Å². The normalized spacial score (nSPS) is 23.5. The first-order valence-corrected chi connectivity index (χ1v) is 23.0. The molecule has 0 radical (unpaired) electrons. The highest BCUT2D eigenvalue weighted by molar-refractivity contribution is 7.91. The molecule has 4 aliphatic rings. The van der Waals surface area contributed by atoms with Gasteiger partial charge in [0, 0.05) is 35.4 Å². The summed E-state index contributed by atoms with van der Waals surface area (Å²) in [5, 5.41) is 10.7. The molecular formula is C41H53F2N7O9S2. The number of carbonyl (C=O) groups excluding carboxylic acids is 4. The van der Waals surface area contributed by atoms with E-state index in [9.17, 15) is 36.4 Å². The van der Waals surface area contributed by atoms with Crippen molar-refractivity contribution in [2.45, 2.75) is 134 Å². The van der Waals surface area contributed by atoms with Crippen LogP contribution in [0.4, 0.5) is 18.7 Å². The van der Waals surface area contributed by atoms with E-state index < -0.39 is 87.0 Å². The van der Waals surface area contributed by atoms with Crippen molar-refractivity contribution < 1.29 is 50.6 Å². The maximum absolute atomic E-state index is 14.7. The van der Waals surface area contributed by atoms with E-state index in [0.717, 1.165) is 12.8 Å². The number of benzene rings is 1. The molecule has 7 rings (SSSR count). The lowest BCUT2D eigenvalue weighted by Gasteiger charge is -2.35. The van der Waals surface area contributed by atoms with Crippen molar-refractivity contribution in [1.82, 2.24) is 30.2 Å². The lowest BCUT2D eigenvalue weighted by Crippen LogP contribution is -2.60. The Bertz CT molecular complexity index is 2280. The quantitative estimate of drug-likeness (QED) is 0.152. The largest absolute Gasteiger partial charge is 0.497 e. The van der Waals surface area contributed by atoms with E-state index in [1.54, 1.807) is 45.0 Å². The van der Waals surface area contributed by atoms with Crippen LogP contribution in [-0.4, -0.2) is 108 Å². The number of nitrogens with zero attached hydrogens (tertiary/aromatic N) is 3. The Hall–Kier alpha value is -4.85. The van der Waals surface area contributed by atoms with Crippen LogP contribution in [0.25, 0.3) is 22.3 Å². The third-order valence-corrected chi connectivity index (χ3v) is 14.1. The van der Waals surface area contributed by atoms with Gasteiger partial charge in [0.05, 0.1) is 36.0 Å². The van der Waals surface area contributed by atoms with Crippen molar-refractivity contribution in [3.63, 3.8) is 0 Å². The molecule has 1 aliphatic heterocycles. The fraction of sp³-hybridized carbons (Fsp3) is 0.610. The number of carbonyl (C=O) groups is 4. The van der Waals surface area contributed by atoms with Gasteiger partial charge >= 0.3 is 6.09 Å². The standard InChI is InChI=1S/C41H53F2N7O9S2/c1-21(2)44-38-46-30(20-60-38)29-17-32(26-14-11-23(57-6)15-28(26)45-29)58-24-16-31(35(51)48-41(18-27(41)34(42)43)37(53)49-61(55,56)25-12-13-25)50(19-24)36(52)33(40(3,4)5)47-39(54)59-22-9-7-8-10-22/h11,14-15,17,20-22,24-25,27,31,33-34H,7-10,12-13,16,18-19H2,1-6H3,(H,44,46)(H,47,54)(H,48,51)(H,49,53)/t24-,27+,31?,33-,41+/m1/s1.